The molecule has 0 aliphatic carbocycles. The number of nitrogens with one attached hydrogen (secondary N) is 1. The highest BCUT2D eigenvalue weighted by Crippen LogP contribution is 2.36. The zero-order valence-corrected chi connectivity index (χ0v) is 17.1. The van der Waals surface area contributed by atoms with Gasteiger partial charge in [-0.25, -0.2) is 0 Å². The third kappa shape index (κ3) is 5.31. The average molecular weight is 410 g/mol. The monoisotopic (exact) mass is 409 g/mol. The van der Waals surface area contributed by atoms with Crippen LogP contribution < -0.4 is 11.1 Å². The molecule has 8 heteroatoms. The average Bonchev–Trinajstić information content (AvgIpc) is 3.07. The van der Waals surface area contributed by atoms with Crippen LogP contribution in [0.25, 0.3) is 0 Å². The maximum Gasteiger partial charge on any atom is 0.240 e. The molecule has 144 valence electrons. The van der Waals surface area contributed by atoms with Gasteiger partial charge in [0, 0.05) is 30.7 Å². The number of ether oxygens (including phenoxy) is 1. The summed E-state index contributed by atoms with van der Waals surface area (Å²) in [4.78, 5) is 16.3. The number of thiophene rings is 1. The summed E-state index contributed by atoms with van der Waals surface area (Å²) < 4.78 is 5.32. The minimum Gasteiger partial charge on any atom is -0.381 e. The molecule has 1 aromatic rings. The number of hydrogen-bond donors (Lipinski definition) is 2. The Labute approximate surface area is 166 Å². The smallest absolute Gasteiger partial charge is 0.240 e. The first-order chi connectivity index (χ1) is 11.1. The van der Waals surface area contributed by atoms with Gasteiger partial charge in [-0.1, -0.05) is 6.07 Å². The second kappa shape index (κ2) is 10.1. The van der Waals surface area contributed by atoms with Crippen LogP contribution in [0.15, 0.2) is 17.5 Å². The lowest BCUT2D eigenvalue weighted by molar-refractivity contribution is -0.130. The maximum atomic E-state index is 12.5. The molecule has 1 aromatic heterocycles. The van der Waals surface area contributed by atoms with E-state index in [9.17, 15) is 4.79 Å². The van der Waals surface area contributed by atoms with Crippen molar-refractivity contribution in [1.82, 2.24) is 10.2 Å². The lowest BCUT2D eigenvalue weighted by atomic mass is 9.87. The molecule has 0 saturated carbocycles. The van der Waals surface area contributed by atoms with Crippen molar-refractivity contribution in [3.63, 3.8) is 0 Å². The molecule has 5 nitrogen and oxygen atoms in total. The number of hydrogen-bond acceptors (Lipinski definition) is 5. The number of piperidine rings is 1. The largest absolute Gasteiger partial charge is 0.381 e. The molecule has 3 heterocycles. The van der Waals surface area contributed by atoms with Crippen LogP contribution in [0.4, 0.5) is 0 Å². The second-order valence-corrected chi connectivity index (χ2v) is 7.80. The third-order valence-electron chi connectivity index (χ3n) is 5.20. The molecule has 2 unspecified atom stereocenters. The van der Waals surface area contributed by atoms with E-state index in [1.54, 1.807) is 11.3 Å². The van der Waals surface area contributed by atoms with Crippen LogP contribution >= 0.6 is 36.2 Å². The van der Waals surface area contributed by atoms with Gasteiger partial charge in [0.05, 0.1) is 5.54 Å². The van der Waals surface area contributed by atoms with E-state index in [0.717, 1.165) is 13.0 Å². The summed E-state index contributed by atoms with van der Waals surface area (Å²) in [5, 5.41) is 5.26. The van der Waals surface area contributed by atoms with Gasteiger partial charge in [-0.15, -0.1) is 36.2 Å². The summed E-state index contributed by atoms with van der Waals surface area (Å²) in [6.45, 7) is 2.97. The van der Waals surface area contributed by atoms with Crippen LogP contribution in [0.1, 0.15) is 36.6 Å². The molecule has 0 spiro atoms. The third-order valence-corrected chi connectivity index (χ3v) is 6.15. The van der Waals surface area contributed by atoms with Gasteiger partial charge in [-0.2, -0.15) is 0 Å². The molecule has 0 radical (unpaired) electrons. The predicted molar refractivity (Wildman–Crippen MR) is 107 cm³/mol. The van der Waals surface area contributed by atoms with Gasteiger partial charge in [0.1, 0.15) is 0 Å². The zero-order chi connectivity index (χ0) is 16.3. The van der Waals surface area contributed by atoms with E-state index >= 15 is 0 Å². The van der Waals surface area contributed by atoms with E-state index in [1.807, 2.05) is 0 Å². The molecular weight excluding hydrogens is 381 g/mol. The van der Waals surface area contributed by atoms with Crippen molar-refractivity contribution in [3.05, 3.63) is 22.4 Å². The van der Waals surface area contributed by atoms with Crippen molar-refractivity contribution in [1.29, 1.82) is 0 Å². The van der Waals surface area contributed by atoms with Crippen molar-refractivity contribution in [2.45, 2.75) is 37.3 Å². The van der Waals surface area contributed by atoms with E-state index in [-0.39, 0.29) is 30.7 Å². The van der Waals surface area contributed by atoms with Crippen LogP contribution in [0.2, 0.25) is 0 Å². The number of amides is 1. The SMILES string of the molecule is CN1CCCC(CNC(=O)C2(N)CCOCC2)C1c1cccs1.Cl.Cl. The highest BCUT2D eigenvalue weighted by Gasteiger charge is 2.37. The lowest BCUT2D eigenvalue weighted by Gasteiger charge is -2.39. The molecule has 0 bridgehead atoms. The first-order valence-corrected chi connectivity index (χ1v) is 9.37. The van der Waals surface area contributed by atoms with Gasteiger partial charge in [-0.05, 0) is 56.6 Å². The zero-order valence-electron chi connectivity index (χ0n) is 14.6. The highest BCUT2D eigenvalue weighted by atomic mass is 35.5. The number of nitrogens with two attached hydrogens (primary N) is 1. The normalized spacial score (nSPS) is 26.2. The molecular formula is C17H29Cl2N3O2S. The molecule has 0 aromatic carbocycles. The number of carbonyl (C=O) groups is 1. The Kier molecular flexibility index (Phi) is 9.15. The van der Waals surface area contributed by atoms with Crippen LogP contribution in [0, 0.1) is 5.92 Å². The number of nitrogens with zero attached hydrogens (tertiary/aromatic N) is 1. The molecule has 2 aliphatic rings. The van der Waals surface area contributed by atoms with Gasteiger partial charge >= 0.3 is 0 Å². The Morgan fingerprint density at radius 1 is 1.44 bits per heavy atom. The predicted octanol–water partition coefficient (Wildman–Crippen LogP) is 2.60. The van der Waals surface area contributed by atoms with Crippen molar-refractivity contribution in [2.24, 2.45) is 11.7 Å². The molecule has 1 amide bonds. The quantitative estimate of drug-likeness (QED) is 0.801. The second-order valence-electron chi connectivity index (χ2n) is 6.82. The summed E-state index contributed by atoms with van der Waals surface area (Å²) in [6.07, 6.45) is 3.55. The number of halogens is 2. The number of rotatable bonds is 4. The Morgan fingerprint density at radius 2 is 2.16 bits per heavy atom. The van der Waals surface area contributed by atoms with Crippen LogP contribution in [0.3, 0.4) is 0 Å². The highest BCUT2D eigenvalue weighted by molar-refractivity contribution is 7.10. The first kappa shape index (κ1) is 22.7. The van der Waals surface area contributed by atoms with Gasteiger partial charge in [0.25, 0.3) is 0 Å². The fourth-order valence-electron chi connectivity index (χ4n) is 3.75. The summed E-state index contributed by atoms with van der Waals surface area (Å²) in [7, 11) is 2.18. The van der Waals surface area contributed by atoms with Gasteiger partial charge in [0.2, 0.25) is 5.91 Å². The molecule has 3 rings (SSSR count). The minimum atomic E-state index is -0.753. The molecule has 2 aliphatic heterocycles. The van der Waals surface area contributed by atoms with Gasteiger partial charge in [-0.3, -0.25) is 9.69 Å². The van der Waals surface area contributed by atoms with Crippen molar-refractivity contribution in [3.8, 4) is 0 Å². The summed E-state index contributed by atoms with van der Waals surface area (Å²) in [6, 6.07) is 4.71. The Bertz CT molecular complexity index is 524. The Hall–Kier alpha value is -0.370. The van der Waals surface area contributed by atoms with E-state index in [1.165, 1.54) is 11.3 Å². The first-order valence-electron chi connectivity index (χ1n) is 8.49. The molecule has 2 saturated heterocycles. The molecule has 3 N–H and O–H groups in total. The summed E-state index contributed by atoms with van der Waals surface area (Å²) in [5.41, 5.74) is 5.52. The summed E-state index contributed by atoms with van der Waals surface area (Å²) >= 11 is 1.80. The molecule has 2 fully saturated rings. The minimum absolute atomic E-state index is 0. The van der Waals surface area contributed by atoms with Gasteiger partial charge < -0.3 is 15.8 Å². The van der Waals surface area contributed by atoms with Crippen molar-refractivity contribution < 1.29 is 9.53 Å². The van der Waals surface area contributed by atoms with Crippen molar-refractivity contribution >= 4 is 42.1 Å². The Balaban J connectivity index is 0.00000156. The number of carbonyl (C=O) groups excluding carboxylic acids is 1. The molecule has 2 atom stereocenters. The number of likely N-dealkylation sites (tertiary alicyclic amines) is 1. The fourth-order valence-corrected chi connectivity index (χ4v) is 4.73. The Morgan fingerprint density at radius 3 is 2.80 bits per heavy atom. The van der Waals surface area contributed by atoms with E-state index in [2.05, 4.69) is 34.8 Å². The standard InChI is InChI=1S/C17H27N3O2S.2ClH/c1-20-8-2-4-13(15(20)14-5-3-11-23-14)12-19-16(21)17(18)6-9-22-10-7-17;;/h3,5,11,13,15H,2,4,6-10,12,18H2,1H3,(H,19,21);2*1H. The van der Waals surface area contributed by atoms with Crippen LogP contribution in [-0.4, -0.2) is 49.7 Å². The summed E-state index contributed by atoms with van der Waals surface area (Å²) in [5.74, 6) is 0.429. The van der Waals surface area contributed by atoms with E-state index < -0.39 is 5.54 Å². The van der Waals surface area contributed by atoms with Crippen molar-refractivity contribution in [2.75, 3.05) is 33.4 Å². The lowest BCUT2D eigenvalue weighted by Crippen LogP contribution is -2.58. The van der Waals surface area contributed by atoms with Crippen LogP contribution in [0.5, 0.6) is 0 Å². The van der Waals surface area contributed by atoms with E-state index in [0.29, 0.717) is 44.6 Å². The fraction of sp³-hybridized carbons (Fsp3) is 0.706. The maximum absolute atomic E-state index is 12.5. The topological polar surface area (TPSA) is 67.6 Å². The molecule has 25 heavy (non-hydrogen) atoms. The van der Waals surface area contributed by atoms with Crippen LogP contribution in [-0.2, 0) is 9.53 Å². The van der Waals surface area contributed by atoms with Gasteiger partial charge in [0.15, 0.2) is 0 Å². The van der Waals surface area contributed by atoms with E-state index in [4.69, 9.17) is 10.5 Å².